The number of anilines is 1. The Morgan fingerprint density at radius 1 is 1.15 bits per heavy atom. The van der Waals surface area contributed by atoms with Gasteiger partial charge < -0.3 is 5.32 Å². The maximum Gasteiger partial charge on any atom is 0.242 e. The summed E-state index contributed by atoms with van der Waals surface area (Å²) < 4.78 is 27.5. The van der Waals surface area contributed by atoms with Crippen LogP contribution in [-0.2, 0) is 10.0 Å². The lowest BCUT2D eigenvalue weighted by Crippen LogP contribution is -2.45. The van der Waals surface area contributed by atoms with Crippen molar-refractivity contribution in [2.24, 2.45) is 5.41 Å². The summed E-state index contributed by atoms with van der Waals surface area (Å²) >= 11 is 0. The molecule has 0 bridgehead atoms. The van der Waals surface area contributed by atoms with Gasteiger partial charge in [-0.1, -0.05) is 20.8 Å². The molecule has 0 aliphatic rings. The average Bonchev–Trinajstić information content (AvgIpc) is 2.24. The van der Waals surface area contributed by atoms with E-state index in [1.807, 2.05) is 13.8 Å². The predicted molar refractivity (Wildman–Crippen MR) is 82.3 cm³/mol. The number of sulfonamides is 1. The fraction of sp³-hybridized carbons (Fsp3) is 0.643. The van der Waals surface area contributed by atoms with Gasteiger partial charge >= 0.3 is 0 Å². The van der Waals surface area contributed by atoms with Crippen molar-refractivity contribution in [2.75, 3.05) is 12.4 Å². The van der Waals surface area contributed by atoms with Gasteiger partial charge in [-0.15, -0.1) is 0 Å². The molecule has 0 atom stereocenters. The highest BCUT2D eigenvalue weighted by Gasteiger charge is 2.30. The molecule has 0 aliphatic heterocycles. The Balaban J connectivity index is 2.93. The first kappa shape index (κ1) is 16.9. The summed E-state index contributed by atoms with van der Waals surface area (Å²) in [5, 5.41) is 2.86. The van der Waals surface area contributed by atoms with Gasteiger partial charge in [0.25, 0.3) is 0 Å². The third-order valence-electron chi connectivity index (χ3n) is 2.69. The van der Waals surface area contributed by atoms with E-state index in [9.17, 15) is 8.42 Å². The number of hydrogen-bond donors (Lipinski definition) is 2. The molecule has 1 rings (SSSR count). The normalized spacial score (nSPS) is 13.3. The van der Waals surface area contributed by atoms with Gasteiger partial charge in [0.05, 0.1) is 0 Å². The van der Waals surface area contributed by atoms with Crippen molar-refractivity contribution in [1.82, 2.24) is 9.71 Å². The Labute approximate surface area is 122 Å². The van der Waals surface area contributed by atoms with Crippen molar-refractivity contribution >= 4 is 15.8 Å². The van der Waals surface area contributed by atoms with Crippen LogP contribution in [0.5, 0.6) is 0 Å². The minimum Gasteiger partial charge on any atom is -0.373 e. The number of rotatable bonds is 5. The molecule has 0 aliphatic carbocycles. The van der Waals surface area contributed by atoms with Crippen LogP contribution in [0, 0.1) is 5.41 Å². The zero-order valence-corrected chi connectivity index (χ0v) is 13.9. The van der Waals surface area contributed by atoms with Crippen LogP contribution in [-0.4, -0.2) is 26.0 Å². The van der Waals surface area contributed by atoms with E-state index in [2.05, 4.69) is 35.8 Å². The van der Waals surface area contributed by atoms with E-state index in [-0.39, 0.29) is 10.3 Å². The minimum absolute atomic E-state index is 0.0419. The first-order valence-electron chi connectivity index (χ1n) is 6.63. The van der Waals surface area contributed by atoms with Gasteiger partial charge in [0.2, 0.25) is 10.0 Å². The Bertz CT molecular complexity index is 543. The molecule has 5 nitrogen and oxygen atoms in total. The van der Waals surface area contributed by atoms with E-state index in [4.69, 9.17) is 0 Å². The van der Waals surface area contributed by atoms with Crippen molar-refractivity contribution in [2.45, 2.75) is 51.5 Å². The monoisotopic (exact) mass is 299 g/mol. The van der Waals surface area contributed by atoms with Crippen LogP contribution in [0.2, 0.25) is 0 Å². The Kier molecular flexibility index (Phi) is 4.82. The Morgan fingerprint density at radius 3 is 2.15 bits per heavy atom. The lowest BCUT2D eigenvalue weighted by atomic mass is 9.82. The van der Waals surface area contributed by atoms with Crippen molar-refractivity contribution < 1.29 is 8.42 Å². The van der Waals surface area contributed by atoms with E-state index in [1.54, 1.807) is 19.2 Å². The predicted octanol–water partition coefficient (Wildman–Crippen LogP) is 2.62. The fourth-order valence-corrected chi connectivity index (χ4v) is 3.83. The topological polar surface area (TPSA) is 71.1 Å². The van der Waals surface area contributed by atoms with Gasteiger partial charge in [0.15, 0.2) is 0 Å². The van der Waals surface area contributed by atoms with Crippen molar-refractivity contribution in [3.05, 3.63) is 18.3 Å². The quantitative estimate of drug-likeness (QED) is 0.876. The number of hydrogen-bond acceptors (Lipinski definition) is 4. The highest BCUT2D eigenvalue weighted by molar-refractivity contribution is 7.89. The van der Waals surface area contributed by atoms with E-state index in [0.717, 1.165) is 6.42 Å². The standard InChI is InChI=1S/C14H25N3O2S/c1-13(2,3)10-14(4,5)17-20(18,19)11-7-8-12(15-6)16-9-11/h7-9,17H,10H2,1-6H3,(H,15,16). The lowest BCUT2D eigenvalue weighted by molar-refractivity contribution is 0.269. The highest BCUT2D eigenvalue weighted by Crippen LogP contribution is 2.28. The van der Waals surface area contributed by atoms with Crippen LogP contribution in [0.4, 0.5) is 5.82 Å². The van der Waals surface area contributed by atoms with E-state index in [1.165, 1.54) is 6.20 Å². The summed E-state index contributed by atoms with van der Waals surface area (Å²) in [5.41, 5.74) is -0.473. The highest BCUT2D eigenvalue weighted by atomic mass is 32.2. The zero-order valence-electron chi connectivity index (χ0n) is 13.1. The number of nitrogens with zero attached hydrogens (tertiary/aromatic N) is 1. The number of pyridine rings is 1. The maximum atomic E-state index is 12.4. The Hall–Kier alpha value is -1.14. The number of aromatic nitrogens is 1. The summed E-state index contributed by atoms with van der Waals surface area (Å²) in [6.45, 7) is 10.1. The fourth-order valence-electron chi connectivity index (χ4n) is 2.47. The molecule has 1 aromatic rings. The van der Waals surface area contributed by atoms with Crippen LogP contribution in [0.25, 0.3) is 0 Å². The van der Waals surface area contributed by atoms with Gasteiger partial charge in [-0.3, -0.25) is 0 Å². The molecule has 0 aromatic carbocycles. The third kappa shape index (κ3) is 5.09. The zero-order chi connectivity index (χ0) is 15.6. The van der Waals surface area contributed by atoms with Crippen LogP contribution < -0.4 is 10.0 Å². The van der Waals surface area contributed by atoms with Gasteiger partial charge in [-0.2, -0.15) is 0 Å². The van der Waals surface area contributed by atoms with Gasteiger partial charge in [0, 0.05) is 18.8 Å². The molecular weight excluding hydrogens is 274 g/mol. The second-order valence-corrected chi connectivity index (χ2v) is 8.54. The second-order valence-electron chi connectivity index (χ2n) is 6.86. The van der Waals surface area contributed by atoms with Gasteiger partial charge in [-0.05, 0) is 37.8 Å². The summed E-state index contributed by atoms with van der Waals surface area (Å²) in [6.07, 6.45) is 2.10. The molecule has 0 spiro atoms. The van der Waals surface area contributed by atoms with E-state index in [0.29, 0.717) is 5.82 Å². The molecule has 114 valence electrons. The van der Waals surface area contributed by atoms with Crippen molar-refractivity contribution in [1.29, 1.82) is 0 Å². The summed E-state index contributed by atoms with van der Waals surface area (Å²) in [7, 11) is -1.82. The molecule has 0 amide bonds. The molecular formula is C14H25N3O2S. The van der Waals surface area contributed by atoms with Crippen LogP contribution >= 0.6 is 0 Å². The number of nitrogens with one attached hydrogen (secondary N) is 2. The molecule has 0 fully saturated rings. The molecule has 1 aromatic heterocycles. The van der Waals surface area contributed by atoms with Crippen LogP contribution in [0.3, 0.4) is 0 Å². The molecule has 2 N–H and O–H groups in total. The lowest BCUT2D eigenvalue weighted by Gasteiger charge is -2.32. The van der Waals surface area contributed by atoms with Gasteiger partial charge in [0.1, 0.15) is 10.7 Å². The third-order valence-corrected chi connectivity index (χ3v) is 4.37. The smallest absolute Gasteiger partial charge is 0.242 e. The largest absolute Gasteiger partial charge is 0.373 e. The van der Waals surface area contributed by atoms with Gasteiger partial charge in [-0.25, -0.2) is 18.1 Å². The SMILES string of the molecule is CNc1ccc(S(=O)(=O)NC(C)(C)CC(C)(C)C)cn1. The molecule has 0 saturated heterocycles. The summed E-state index contributed by atoms with van der Waals surface area (Å²) in [6, 6.07) is 3.19. The molecule has 0 unspecified atom stereocenters. The molecule has 20 heavy (non-hydrogen) atoms. The van der Waals surface area contributed by atoms with Crippen molar-refractivity contribution in [3.8, 4) is 0 Å². The first-order valence-corrected chi connectivity index (χ1v) is 8.11. The maximum absolute atomic E-state index is 12.4. The summed E-state index contributed by atoms with van der Waals surface area (Å²) in [4.78, 5) is 4.22. The average molecular weight is 299 g/mol. The summed E-state index contributed by atoms with van der Waals surface area (Å²) in [5.74, 6) is 0.637. The molecule has 0 saturated carbocycles. The molecule has 0 radical (unpaired) electrons. The van der Waals surface area contributed by atoms with Crippen LogP contribution in [0.1, 0.15) is 41.0 Å². The molecule has 1 heterocycles. The van der Waals surface area contributed by atoms with E-state index >= 15 is 0 Å². The van der Waals surface area contributed by atoms with E-state index < -0.39 is 15.6 Å². The van der Waals surface area contributed by atoms with Crippen molar-refractivity contribution in [3.63, 3.8) is 0 Å². The molecule has 6 heteroatoms. The van der Waals surface area contributed by atoms with Crippen LogP contribution in [0.15, 0.2) is 23.2 Å². The first-order chi connectivity index (χ1) is 8.95. The Morgan fingerprint density at radius 2 is 1.75 bits per heavy atom. The second kappa shape index (κ2) is 5.69. The minimum atomic E-state index is -3.56.